The first-order chi connectivity index (χ1) is 31.7. The van der Waals surface area contributed by atoms with Gasteiger partial charge in [0.1, 0.15) is 35.1 Å². The Balaban J connectivity index is 1.78. The highest BCUT2D eigenvalue weighted by atomic mass is 35.5. The van der Waals surface area contributed by atoms with Crippen molar-refractivity contribution < 1.29 is 57.9 Å². The third-order valence-corrected chi connectivity index (χ3v) is 16.3. The number of ether oxygens (including phenoxy) is 5. The van der Waals surface area contributed by atoms with Gasteiger partial charge in [0.25, 0.3) is 0 Å². The van der Waals surface area contributed by atoms with Gasteiger partial charge in [-0.15, -0.1) is 0 Å². The molecular weight excluding hydrogens is 936 g/mol. The van der Waals surface area contributed by atoms with Gasteiger partial charge < -0.3 is 49.0 Å². The van der Waals surface area contributed by atoms with Crippen molar-refractivity contribution in [3.8, 4) is 5.75 Å². The van der Waals surface area contributed by atoms with Gasteiger partial charge in [0.05, 0.1) is 30.4 Å². The van der Waals surface area contributed by atoms with Crippen molar-refractivity contribution in [2.75, 3.05) is 52.1 Å². The molecule has 1 unspecified atom stereocenters. The summed E-state index contributed by atoms with van der Waals surface area (Å²) in [6, 6.07) is 2.42. The van der Waals surface area contributed by atoms with Crippen LogP contribution in [0, 0.1) is 5.92 Å². The highest BCUT2D eigenvalue weighted by Crippen LogP contribution is 2.40. The van der Waals surface area contributed by atoms with Crippen LogP contribution in [0.4, 0.5) is 10.5 Å². The molecule has 4 N–H and O–H groups in total. The zero-order chi connectivity index (χ0) is 51.2. The average Bonchev–Trinajstić information content (AvgIpc) is 3.25. The van der Waals surface area contributed by atoms with Gasteiger partial charge in [0.2, 0.25) is 17.7 Å². The van der Waals surface area contributed by atoms with E-state index in [1.54, 1.807) is 52.8 Å². The smallest absolute Gasteiger partial charge is 0.409 e. The van der Waals surface area contributed by atoms with Gasteiger partial charge in [-0.3, -0.25) is 19.7 Å². The molecule has 1 aromatic rings. The van der Waals surface area contributed by atoms with E-state index in [4.69, 9.17) is 35.3 Å². The van der Waals surface area contributed by atoms with E-state index in [1.807, 2.05) is 47.6 Å². The molecule has 1 fully saturated rings. The van der Waals surface area contributed by atoms with Gasteiger partial charge in [0.15, 0.2) is 5.72 Å². The number of methoxy groups -OCH3 is 2. The summed E-state index contributed by atoms with van der Waals surface area (Å²) in [5, 5.41) is 29.7. The van der Waals surface area contributed by atoms with Gasteiger partial charge in [-0.1, -0.05) is 63.9 Å². The van der Waals surface area contributed by atoms with E-state index in [1.165, 1.54) is 52.0 Å². The summed E-state index contributed by atoms with van der Waals surface area (Å²) in [7, 11) is 9.19. The van der Waals surface area contributed by atoms with Crippen molar-refractivity contribution in [1.29, 1.82) is 0 Å². The molecule has 0 radical (unpaired) electrons. The molecular formula is C49H77ClN4O12S2. The molecule has 19 heteroatoms. The predicted octanol–water partition coefficient (Wildman–Crippen LogP) is 7.54. The summed E-state index contributed by atoms with van der Waals surface area (Å²) in [6.07, 6.45) is 3.04. The largest absolute Gasteiger partial charge is 0.495 e. The molecule has 2 aliphatic heterocycles. The Morgan fingerprint density at radius 3 is 2.46 bits per heavy atom. The van der Waals surface area contributed by atoms with E-state index in [9.17, 15) is 34.2 Å². The molecule has 2 heterocycles. The van der Waals surface area contributed by atoms with E-state index >= 15 is 0 Å². The van der Waals surface area contributed by atoms with Gasteiger partial charge >= 0.3 is 12.1 Å². The second-order valence-corrected chi connectivity index (χ2v) is 22.9. The van der Waals surface area contributed by atoms with Crippen LogP contribution in [-0.2, 0) is 44.5 Å². The number of carbonyl (C=O) groups excluding carboxylic acids is 5. The lowest BCUT2D eigenvalue weighted by molar-refractivity contribution is -0.176. The van der Waals surface area contributed by atoms with Gasteiger partial charge in [-0.2, -0.15) is 0 Å². The molecule has 0 saturated carbocycles. The Morgan fingerprint density at radius 1 is 1.12 bits per heavy atom. The van der Waals surface area contributed by atoms with Gasteiger partial charge in [-0.25, -0.2) is 9.59 Å². The Bertz CT molecular complexity index is 1960. The molecule has 384 valence electrons. The Kier molecular flexibility index (Phi) is 22.5. The molecule has 3 rings (SSSR count). The standard InChI is InChI=1S/C49H77ClN4O12S2/c1-14-64-46(5,6)22-23-51-40(55)19-16-24-67-68-47(7,8)21-20-41(56)53(10)33(4)44(58)66-39-28-42(57)54(11)35-26-34(27-36(62-12)43(35)50)25-31(2)17-15-18-38(63-13)49(61)30-37(65-45(59)52-49)32(3)29-48(39,9)60/h15,17-18,26-27,32-33,37-39,60-61H,14,16,19-25,28-30H2,1-13H3,(H,51,55)(H,52,59)/b18-15+,31-17+/t32-,33-,37-,38+,39?,48+,49-/m0/s1. The number of fused-ring (bicyclic) bond motifs is 4. The molecule has 16 nitrogen and oxygen atoms in total. The number of hydrogen-bond acceptors (Lipinski definition) is 14. The third kappa shape index (κ3) is 17.7. The van der Waals surface area contributed by atoms with Crippen LogP contribution in [0.25, 0.3) is 0 Å². The van der Waals surface area contributed by atoms with Crippen molar-refractivity contribution in [3.05, 3.63) is 46.5 Å². The molecule has 4 amide bonds. The highest BCUT2D eigenvalue weighted by Gasteiger charge is 2.49. The summed E-state index contributed by atoms with van der Waals surface area (Å²) in [4.78, 5) is 69.8. The van der Waals surface area contributed by atoms with Crippen LogP contribution in [0.3, 0.4) is 0 Å². The van der Waals surface area contributed by atoms with Crippen LogP contribution in [0.2, 0.25) is 5.02 Å². The molecule has 0 aliphatic carbocycles. The maximum absolute atomic E-state index is 14.3. The number of hydrogen-bond donors (Lipinski definition) is 4. The first kappa shape index (κ1) is 58.8. The highest BCUT2D eigenvalue weighted by molar-refractivity contribution is 8.77. The van der Waals surface area contributed by atoms with Crippen molar-refractivity contribution in [2.24, 2.45) is 5.92 Å². The minimum atomic E-state index is -1.92. The van der Waals surface area contributed by atoms with Crippen molar-refractivity contribution in [2.45, 2.75) is 166 Å². The number of carbonyl (C=O) groups is 5. The number of aliphatic hydroxyl groups is 2. The maximum Gasteiger partial charge on any atom is 0.409 e. The first-order valence-corrected chi connectivity index (χ1v) is 26.0. The van der Waals surface area contributed by atoms with E-state index in [0.717, 1.165) is 23.3 Å². The summed E-state index contributed by atoms with van der Waals surface area (Å²) in [5.41, 5.74) is -2.11. The van der Waals surface area contributed by atoms with Crippen molar-refractivity contribution in [3.63, 3.8) is 0 Å². The number of anilines is 1. The third-order valence-electron chi connectivity index (χ3n) is 12.4. The quantitative estimate of drug-likeness (QED) is 0.0601. The molecule has 4 bridgehead atoms. The van der Waals surface area contributed by atoms with E-state index in [-0.39, 0.29) is 46.4 Å². The minimum Gasteiger partial charge on any atom is -0.495 e. The number of likely N-dealkylation sites (N-methyl/N-ethyl adjacent to an activating group) is 1. The number of halogens is 1. The molecule has 7 atom stereocenters. The SMILES string of the molecule is CCOC(C)(C)CCNC(=O)CCCSSC(C)(C)CCC(=O)N(C)[C@@H](C)C(=O)OC1CC(=O)N(C)c2cc(cc(OC)c2Cl)C/C(C)=C/C=C/[C@@H](OC)[C@@]2(O)C[C@H](OC(=O)N2)[C@@H](C)C[C@@]1(C)O. The van der Waals surface area contributed by atoms with Crippen molar-refractivity contribution >= 4 is 68.7 Å². The summed E-state index contributed by atoms with van der Waals surface area (Å²) < 4.78 is 28.3. The number of rotatable bonds is 19. The fourth-order valence-corrected chi connectivity index (χ4v) is 11.0. The lowest BCUT2D eigenvalue weighted by atomic mass is 9.81. The Labute approximate surface area is 416 Å². The monoisotopic (exact) mass is 1010 g/mol. The number of amides is 4. The Hall–Kier alpha value is -3.52. The van der Waals surface area contributed by atoms with Crippen LogP contribution in [-0.4, -0.2) is 138 Å². The first-order valence-electron chi connectivity index (χ1n) is 23.3. The summed E-state index contributed by atoms with van der Waals surface area (Å²) in [5.74, 6) is -1.25. The number of benzene rings is 1. The lowest BCUT2D eigenvalue weighted by Crippen LogP contribution is -2.63. The van der Waals surface area contributed by atoms with Crippen LogP contribution in [0.5, 0.6) is 5.75 Å². The van der Waals surface area contributed by atoms with Crippen LogP contribution in [0.1, 0.15) is 119 Å². The average molecular weight is 1010 g/mol. The zero-order valence-corrected chi connectivity index (χ0v) is 44.7. The van der Waals surface area contributed by atoms with Crippen LogP contribution >= 0.6 is 33.2 Å². The maximum atomic E-state index is 14.3. The fourth-order valence-electron chi connectivity index (χ4n) is 8.03. The molecule has 1 aromatic carbocycles. The van der Waals surface area contributed by atoms with E-state index in [2.05, 4.69) is 10.6 Å². The lowest BCUT2D eigenvalue weighted by Gasteiger charge is -2.43. The molecule has 2 aliphatic rings. The Morgan fingerprint density at radius 2 is 1.81 bits per heavy atom. The topological polar surface area (TPSA) is 202 Å². The second-order valence-electron chi connectivity index (χ2n) is 19.4. The van der Waals surface area contributed by atoms with Gasteiger partial charge in [-0.05, 0) is 111 Å². The normalized spacial score (nSPS) is 25.8. The second kappa shape index (κ2) is 26.1. The van der Waals surface area contributed by atoms with Crippen LogP contribution in [0.15, 0.2) is 35.9 Å². The summed E-state index contributed by atoms with van der Waals surface area (Å²) >= 11 is 6.79. The number of nitrogens with one attached hydrogen (secondary N) is 2. The number of alkyl carbamates (subject to hydrolysis) is 1. The molecule has 68 heavy (non-hydrogen) atoms. The summed E-state index contributed by atoms with van der Waals surface area (Å²) in [6.45, 7) is 17.8. The van der Waals surface area contributed by atoms with E-state index in [0.29, 0.717) is 50.3 Å². The van der Waals surface area contributed by atoms with Crippen molar-refractivity contribution in [1.82, 2.24) is 15.5 Å². The zero-order valence-electron chi connectivity index (χ0n) is 42.3. The number of allylic oxidation sites excluding steroid dienone is 3. The molecule has 0 aromatic heterocycles. The molecule has 1 saturated heterocycles. The van der Waals surface area contributed by atoms with Crippen LogP contribution < -0.4 is 20.3 Å². The number of nitrogens with zero attached hydrogens (tertiary/aromatic N) is 2. The predicted molar refractivity (Wildman–Crippen MR) is 269 cm³/mol. The molecule has 0 spiro atoms. The van der Waals surface area contributed by atoms with E-state index < -0.39 is 66.0 Å². The van der Waals surface area contributed by atoms with Gasteiger partial charge in [0, 0.05) is 64.1 Å². The minimum absolute atomic E-state index is 0.00506. The number of esters is 1. The fraction of sp³-hybridized carbons (Fsp3) is 0.694.